The molecule has 1 rings (SSSR count). The van der Waals surface area contributed by atoms with Crippen molar-refractivity contribution in [3.8, 4) is 0 Å². The van der Waals surface area contributed by atoms with Gasteiger partial charge >= 0.3 is 5.97 Å². The molecular formula is C11H18N2O3. The van der Waals surface area contributed by atoms with Crippen LogP contribution in [0.15, 0.2) is 11.6 Å². The van der Waals surface area contributed by atoms with Crippen LogP contribution in [0.3, 0.4) is 0 Å². The van der Waals surface area contributed by atoms with E-state index in [4.69, 9.17) is 5.11 Å². The van der Waals surface area contributed by atoms with Gasteiger partial charge in [0.25, 0.3) is 0 Å². The Morgan fingerprint density at radius 3 is 2.81 bits per heavy atom. The maximum absolute atomic E-state index is 11.6. The van der Waals surface area contributed by atoms with Crippen molar-refractivity contribution >= 4 is 11.9 Å². The van der Waals surface area contributed by atoms with Crippen LogP contribution in [-0.2, 0) is 9.59 Å². The maximum atomic E-state index is 11.6. The molecule has 1 fully saturated rings. The molecule has 0 bridgehead atoms. The molecular weight excluding hydrogens is 208 g/mol. The normalized spacial score (nSPS) is 19.8. The molecule has 1 saturated heterocycles. The van der Waals surface area contributed by atoms with Gasteiger partial charge in [0.05, 0.1) is 6.54 Å². The Balaban J connectivity index is 2.54. The van der Waals surface area contributed by atoms with E-state index in [1.54, 1.807) is 18.9 Å². The number of amides is 1. The molecule has 16 heavy (non-hydrogen) atoms. The largest absolute Gasteiger partial charge is 0.478 e. The van der Waals surface area contributed by atoms with E-state index < -0.39 is 5.97 Å². The van der Waals surface area contributed by atoms with Gasteiger partial charge in [0.2, 0.25) is 5.91 Å². The fourth-order valence-corrected chi connectivity index (χ4v) is 1.79. The van der Waals surface area contributed by atoms with Crippen LogP contribution in [0.25, 0.3) is 0 Å². The molecule has 0 radical (unpaired) electrons. The summed E-state index contributed by atoms with van der Waals surface area (Å²) < 4.78 is 0. The number of aliphatic carboxylic acids is 1. The summed E-state index contributed by atoms with van der Waals surface area (Å²) in [4.78, 5) is 25.7. The summed E-state index contributed by atoms with van der Waals surface area (Å²) in [6.45, 7) is 4.30. The first-order valence-corrected chi connectivity index (χ1v) is 5.35. The molecule has 0 spiro atoms. The first kappa shape index (κ1) is 12.7. The Kier molecular flexibility index (Phi) is 4.49. The van der Waals surface area contributed by atoms with E-state index in [1.165, 1.54) is 6.08 Å². The predicted octanol–water partition coefficient (Wildman–Crippen LogP) is 0.181. The average molecular weight is 226 g/mol. The lowest BCUT2D eigenvalue weighted by Crippen LogP contribution is -2.35. The molecule has 0 atom stereocenters. The van der Waals surface area contributed by atoms with Gasteiger partial charge in [-0.3, -0.25) is 9.69 Å². The van der Waals surface area contributed by atoms with E-state index in [0.29, 0.717) is 13.1 Å². The van der Waals surface area contributed by atoms with Crippen molar-refractivity contribution in [2.24, 2.45) is 0 Å². The van der Waals surface area contributed by atoms with Crippen LogP contribution in [0, 0.1) is 0 Å². The van der Waals surface area contributed by atoms with Crippen LogP contribution in [0.1, 0.15) is 13.3 Å². The highest BCUT2D eigenvalue weighted by atomic mass is 16.4. The summed E-state index contributed by atoms with van der Waals surface area (Å²) in [5.41, 5.74) is 0.768. The number of likely N-dealkylation sites (N-methyl/N-ethyl adjacent to an activating group) is 1. The molecule has 5 nitrogen and oxygen atoms in total. The number of rotatable bonds is 3. The Morgan fingerprint density at radius 1 is 1.50 bits per heavy atom. The summed E-state index contributed by atoms with van der Waals surface area (Å²) in [5.74, 6) is -0.837. The second-order valence-electron chi connectivity index (χ2n) is 4.21. The Labute approximate surface area is 95.3 Å². The number of carboxylic acids is 1. The summed E-state index contributed by atoms with van der Waals surface area (Å²) in [5, 5.41) is 8.59. The number of nitrogens with zero attached hydrogens (tertiary/aromatic N) is 2. The van der Waals surface area contributed by atoms with Crippen LogP contribution in [-0.4, -0.2) is 60.0 Å². The molecule has 5 heteroatoms. The number of hydrogen-bond donors (Lipinski definition) is 1. The first-order chi connectivity index (χ1) is 7.49. The fraction of sp³-hybridized carbons (Fsp3) is 0.636. The minimum absolute atomic E-state index is 0.0978. The lowest BCUT2D eigenvalue weighted by atomic mass is 10.2. The van der Waals surface area contributed by atoms with E-state index in [0.717, 1.165) is 25.1 Å². The molecule has 1 heterocycles. The van der Waals surface area contributed by atoms with Crippen LogP contribution < -0.4 is 0 Å². The summed E-state index contributed by atoms with van der Waals surface area (Å²) >= 11 is 0. The van der Waals surface area contributed by atoms with Gasteiger partial charge in [0.1, 0.15) is 0 Å². The van der Waals surface area contributed by atoms with E-state index in [9.17, 15) is 9.59 Å². The Bertz CT molecular complexity index is 312. The summed E-state index contributed by atoms with van der Waals surface area (Å²) in [6.07, 6.45) is 2.13. The number of carbonyl (C=O) groups is 2. The SMILES string of the molecule is CC(=CC(=O)O)CN1CCCN(C)C(=O)C1. The van der Waals surface area contributed by atoms with Crippen molar-refractivity contribution in [3.05, 3.63) is 11.6 Å². The molecule has 1 N–H and O–H groups in total. The monoisotopic (exact) mass is 226 g/mol. The van der Waals surface area contributed by atoms with Crippen molar-refractivity contribution < 1.29 is 14.7 Å². The van der Waals surface area contributed by atoms with E-state index in [2.05, 4.69) is 0 Å². The lowest BCUT2D eigenvalue weighted by Gasteiger charge is -2.19. The van der Waals surface area contributed by atoms with Gasteiger partial charge in [-0.2, -0.15) is 0 Å². The average Bonchev–Trinajstić information content (AvgIpc) is 2.28. The standard InChI is InChI=1S/C11H18N2O3/c1-9(6-11(15)16)7-13-5-3-4-12(2)10(14)8-13/h6H,3-5,7-8H2,1-2H3,(H,15,16). The Hall–Kier alpha value is -1.36. The third kappa shape index (κ3) is 4.02. The zero-order valence-electron chi connectivity index (χ0n) is 9.77. The number of carbonyl (C=O) groups excluding carboxylic acids is 1. The lowest BCUT2D eigenvalue weighted by molar-refractivity contribution is -0.131. The smallest absolute Gasteiger partial charge is 0.328 e. The van der Waals surface area contributed by atoms with E-state index in [1.807, 2.05) is 4.90 Å². The minimum atomic E-state index is -0.934. The van der Waals surface area contributed by atoms with Crippen LogP contribution in [0.5, 0.6) is 0 Å². The molecule has 1 aliphatic rings. The van der Waals surface area contributed by atoms with Gasteiger partial charge in [-0.25, -0.2) is 4.79 Å². The summed E-state index contributed by atoms with van der Waals surface area (Å²) in [6, 6.07) is 0. The van der Waals surface area contributed by atoms with Gasteiger partial charge in [-0.15, -0.1) is 0 Å². The number of hydrogen-bond acceptors (Lipinski definition) is 3. The fourth-order valence-electron chi connectivity index (χ4n) is 1.79. The van der Waals surface area contributed by atoms with Crippen molar-refractivity contribution in [1.29, 1.82) is 0 Å². The molecule has 1 aliphatic heterocycles. The van der Waals surface area contributed by atoms with Crippen molar-refractivity contribution in [2.75, 3.05) is 33.2 Å². The second-order valence-corrected chi connectivity index (χ2v) is 4.21. The summed E-state index contributed by atoms with van der Waals surface area (Å²) in [7, 11) is 1.80. The third-order valence-electron chi connectivity index (χ3n) is 2.60. The quantitative estimate of drug-likeness (QED) is 0.697. The molecule has 0 aliphatic carbocycles. The number of carboxylic acid groups (broad SMARTS) is 1. The van der Waals surface area contributed by atoms with Crippen LogP contribution in [0.4, 0.5) is 0 Å². The van der Waals surface area contributed by atoms with Crippen molar-refractivity contribution in [3.63, 3.8) is 0 Å². The highest BCUT2D eigenvalue weighted by Gasteiger charge is 2.18. The van der Waals surface area contributed by atoms with Crippen molar-refractivity contribution in [1.82, 2.24) is 9.80 Å². The highest BCUT2D eigenvalue weighted by molar-refractivity contribution is 5.80. The first-order valence-electron chi connectivity index (χ1n) is 5.35. The Morgan fingerprint density at radius 2 is 2.19 bits per heavy atom. The maximum Gasteiger partial charge on any atom is 0.328 e. The zero-order chi connectivity index (χ0) is 12.1. The topological polar surface area (TPSA) is 60.9 Å². The zero-order valence-corrected chi connectivity index (χ0v) is 9.77. The molecule has 1 amide bonds. The van der Waals surface area contributed by atoms with Crippen molar-refractivity contribution in [2.45, 2.75) is 13.3 Å². The van der Waals surface area contributed by atoms with Gasteiger partial charge in [-0.1, -0.05) is 5.57 Å². The molecule has 0 aromatic carbocycles. The van der Waals surface area contributed by atoms with Gasteiger partial charge in [0, 0.05) is 32.8 Å². The molecule has 0 saturated carbocycles. The molecule has 0 aromatic rings. The van der Waals surface area contributed by atoms with E-state index >= 15 is 0 Å². The molecule has 0 unspecified atom stereocenters. The highest BCUT2D eigenvalue weighted by Crippen LogP contribution is 2.05. The second kappa shape index (κ2) is 5.65. The van der Waals surface area contributed by atoms with Gasteiger partial charge in [-0.05, 0) is 13.3 Å². The molecule has 90 valence electrons. The van der Waals surface area contributed by atoms with Gasteiger partial charge < -0.3 is 10.0 Å². The van der Waals surface area contributed by atoms with E-state index in [-0.39, 0.29) is 5.91 Å². The molecule has 0 aromatic heterocycles. The van der Waals surface area contributed by atoms with Gasteiger partial charge in [0.15, 0.2) is 0 Å². The van der Waals surface area contributed by atoms with Crippen LogP contribution >= 0.6 is 0 Å². The third-order valence-corrected chi connectivity index (χ3v) is 2.60. The minimum Gasteiger partial charge on any atom is -0.478 e. The van der Waals surface area contributed by atoms with Crippen LogP contribution in [0.2, 0.25) is 0 Å². The predicted molar refractivity (Wildman–Crippen MR) is 60.1 cm³/mol.